The van der Waals surface area contributed by atoms with Gasteiger partial charge in [0.2, 0.25) is 0 Å². The second-order valence-corrected chi connectivity index (χ2v) is 5.15. The van der Waals surface area contributed by atoms with Crippen molar-refractivity contribution < 1.29 is 4.74 Å². The van der Waals surface area contributed by atoms with E-state index in [-0.39, 0.29) is 5.60 Å². The lowest BCUT2D eigenvalue weighted by Gasteiger charge is -2.09. The summed E-state index contributed by atoms with van der Waals surface area (Å²) >= 11 is 0. The standard InChI is InChI=1S/C11H22O/c1-8(2)6-10-11(5,12-10)7-9(3)4/h8-10H,6-7H2,1-5H3. The molecule has 2 atom stereocenters. The minimum Gasteiger partial charge on any atom is -0.366 e. The first-order valence-electron chi connectivity index (χ1n) is 5.12. The fourth-order valence-corrected chi connectivity index (χ4v) is 2.01. The minimum atomic E-state index is 0.221. The van der Waals surface area contributed by atoms with Crippen molar-refractivity contribution in [3.8, 4) is 0 Å². The molecule has 1 heteroatoms. The largest absolute Gasteiger partial charge is 0.366 e. The fraction of sp³-hybridized carbons (Fsp3) is 1.00. The van der Waals surface area contributed by atoms with Gasteiger partial charge in [-0.3, -0.25) is 0 Å². The van der Waals surface area contributed by atoms with E-state index in [1.54, 1.807) is 0 Å². The Balaban J connectivity index is 2.28. The van der Waals surface area contributed by atoms with Crippen molar-refractivity contribution in [2.24, 2.45) is 11.8 Å². The summed E-state index contributed by atoms with van der Waals surface area (Å²) in [7, 11) is 0. The SMILES string of the molecule is CC(C)CC1OC1(C)CC(C)C. The molecule has 1 rings (SSSR count). The Hall–Kier alpha value is -0.0400. The normalized spacial score (nSPS) is 34.8. The van der Waals surface area contributed by atoms with Gasteiger partial charge in [-0.2, -0.15) is 0 Å². The van der Waals surface area contributed by atoms with Crippen molar-refractivity contribution >= 4 is 0 Å². The molecule has 0 aromatic carbocycles. The molecule has 0 bridgehead atoms. The van der Waals surface area contributed by atoms with Gasteiger partial charge in [-0.1, -0.05) is 27.7 Å². The summed E-state index contributed by atoms with van der Waals surface area (Å²) in [5.74, 6) is 1.52. The van der Waals surface area contributed by atoms with E-state index in [4.69, 9.17) is 4.74 Å². The number of rotatable bonds is 4. The first kappa shape index (κ1) is 10.0. The Morgan fingerprint density at radius 3 is 2.17 bits per heavy atom. The van der Waals surface area contributed by atoms with Gasteiger partial charge >= 0.3 is 0 Å². The van der Waals surface area contributed by atoms with E-state index < -0.39 is 0 Å². The third-order valence-corrected chi connectivity index (χ3v) is 2.53. The van der Waals surface area contributed by atoms with E-state index in [1.165, 1.54) is 12.8 Å². The predicted molar refractivity (Wildman–Crippen MR) is 52.2 cm³/mol. The zero-order valence-electron chi connectivity index (χ0n) is 9.05. The first-order chi connectivity index (χ1) is 5.44. The lowest BCUT2D eigenvalue weighted by Crippen LogP contribution is -2.14. The van der Waals surface area contributed by atoms with E-state index >= 15 is 0 Å². The second-order valence-electron chi connectivity index (χ2n) is 5.15. The van der Waals surface area contributed by atoms with Gasteiger partial charge in [-0.05, 0) is 31.6 Å². The van der Waals surface area contributed by atoms with Crippen LogP contribution in [-0.2, 0) is 4.74 Å². The Morgan fingerprint density at radius 1 is 1.17 bits per heavy atom. The molecule has 1 fully saturated rings. The molecule has 1 aliphatic heterocycles. The van der Waals surface area contributed by atoms with Crippen LogP contribution in [0.15, 0.2) is 0 Å². The van der Waals surface area contributed by atoms with Crippen LogP contribution in [-0.4, -0.2) is 11.7 Å². The summed E-state index contributed by atoms with van der Waals surface area (Å²) in [6, 6.07) is 0. The Kier molecular flexibility index (Phi) is 2.82. The van der Waals surface area contributed by atoms with Gasteiger partial charge in [-0.15, -0.1) is 0 Å². The van der Waals surface area contributed by atoms with Crippen LogP contribution in [0.25, 0.3) is 0 Å². The number of ether oxygens (including phenoxy) is 1. The van der Waals surface area contributed by atoms with Crippen LogP contribution >= 0.6 is 0 Å². The Bertz CT molecular complexity index is 151. The summed E-state index contributed by atoms with van der Waals surface area (Å²) in [4.78, 5) is 0. The van der Waals surface area contributed by atoms with Gasteiger partial charge in [-0.25, -0.2) is 0 Å². The highest BCUT2D eigenvalue weighted by atomic mass is 16.6. The minimum absolute atomic E-state index is 0.221. The molecule has 0 amide bonds. The van der Waals surface area contributed by atoms with E-state index in [1.807, 2.05) is 0 Å². The van der Waals surface area contributed by atoms with E-state index in [0.717, 1.165) is 11.8 Å². The van der Waals surface area contributed by atoms with Crippen molar-refractivity contribution in [2.45, 2.75) is 59.2 Å². The summed E-state index contributed by atoms with van der Waals surface area (Å²) in [6.45, 7) is 11.3. The summed E-state index contributed by atoms with van der Waals surface area (Å²) in [5.41, 5.74) is 0.221. The van der Waals surface area contributed by atoms with Crippen molar-refractivity contribution in [3.63, 3.8) is 0 Å². The maximum Gasteiger partial charge on any atom is 0.0923 e. The quantitative estimate of drug-likeness (QED) is 0.590. The van der Waals surface area contributed by atoms with E-state index in [9.17, 15) is 0 Å². The molecule has 0 N–H and O–H groups in total. The maximum absolute atomic E-state index is 5.73. The average Bonchev–Trinajstić information content (AvgIpc) is 2.36. The van der Waals surface area contributed by atoms with Gasteiger partial charge in [0.15, 0.2) is 0 Å². The van der Waals surface area contributed by atoms with Crippen molar-refractivity contribution in [1.29, 1.82) is 0 Å². The molecule has 0 aliphatic carbocycles. The smallest absolute Gasteiger partial charge is 0.0923 e. The molecular formula is C11H22O. The zero-order chi connectivity index (χ0) is 9.35. The first-order valence-corrected chi connectivity index (χ1v) is 5.12. The molecule has 1 nitrogen and oxygen atoms in total. The van der Waals surface area contributed by atoms with Crippen LogP contribution in [0.2, 0.25) is 0 Å². The molecule has 1 saturated heterocycles. The zero-order valence-corrected chi connectivity index (χ0v) is 9.05. The third-order valence-electron chi connectivity index (χ3n) is 2.53. The monoisotopic (exact) mass is 170 g/mol. The van der Waals surface area contributed by atoms with Crippen LogP contribution in [0.4, 0.5) is 0 Å². The summed E-state index contributed by atoms with van der Waals surface area (Å²) in [5, 5.41) is 0. The highest BCUT2D eigenvalue weighted by Gasteiger charge is 2.51. The highest BCUT2D eigenvalue weighted by molar-refractivity contribution is 4.99. The molecule has 2 unspecified atom stereocenters. The van der Waals surface area contributed by atoms with Crippen LogP contribution in [0.3, 0.4) is 0 Å². The number of hydrogen-bond acceptors (Lipinski definition) is 1. The third kappa shape index (κ3) is 2.48. The molecule has 12 heavy (non-hydrogen) atoms. The molecule has 0 spiro atoms. The topological polar surface area (TPSA) is 12.5 Å². The fourth-order valence-electron chi connectivity index (χ4n) is 2.01. The second kappa shape index (κ2) is 3.37. The maximum atomic E-state index is 5.73. The van der Waals surface area contributed by atoms with Crippen LogP contribution < -0.4 is 0 Å². The van der Waals surface area contributed by atoms with Gasteiger partial charge < -0.3 is 4.74 Å². The van der Waals surface area contributed by atoms with Crippen LogP contribution in [0.1, 0.15) is 47.5 Å². The van der Waals surface area contributed by atoms with Gasteiger partial charge in [0.25, 0.3) is 0 Å². The predicted octanol–water partition coefficient (Wildman–Crippen LogP) is 3.24. The Morgan fingerprint density at radius 2 is 1.75 bits per heavy atom. The van der Waals surface area contributed by atoms with Gasteiger partial charge in [0, 0.05) is 0 Å². The van der Waals surface area contributed by atoms with E-state index in [2.05, 4.69) is 34.6 Å². The molecular weight excluding hydrogens is 148 g/mol. The number of epoxide rings is 1. The molecule has 0 aromatic rings. The van der Waals surface area contributed by atoms with Gasteiger partial charge in [0.05, 0.1) is 11.7 Å². The van der Waals surface area contributed by atoms with Crippen molar-refractivity contribution in [2.75, 3.05) is 0 Å². The molecule has 0 aromatic heterocycles. The molecule has 72 valence electrons. The lowest BCUT2D eigenvalue weighted by molar-refractivity contribution is 0.271. The van der Waals surface area contributed by atoms with E-state index in [0.29, 0.717) is 6.10 Å². The Labute approximate surface area is 76.5 Å². The number of hydrogen-bond donors (Lipinski definition) is 0. The van der Waals surface area contributed by atoms with Gasteiger partial charge in [0.1, 0.15) is 0 Å². The lowest BCUT2D eigenvalue weighted by atomic mass is 9.92. The summed E-state index contributed by atoms with van der Waals surface area (Å²) in [6.07, 6.45) is 2.98. The summed E-state index contributed by atoms with van der Waals surface area (Å²) < 4.78 is 5.73. The van der Waals surface area contributed by atoms with Crippen LogP contribution in [0, 0.1) is 11.8 Å². The molecule has 0 radical (unpaired) electrons. The van der Waals surface area contributed by atoms with Crippen LogP contribution in [0.5, 0.6) is 0 Å². The van der Waals surface area contributed by atoms with Crippen molar-refractivity contribution in [1.82, 2.24) is 0 Å². The van der Waals surface area contributed by atoms with Crippen molar-refractivity contribution in [3.05, 3.63) is 0 Å². The molecule has 1 heterocycles. The average molecular weight is 170 g/mol. The highest BCUT2D eigenvalue weighted by Crippen LogP contribution is 2.44. The molecule has 1 aliphatic rings. The molecule has 0 saturated carbocycles.